The average Bonchev–Trinajstić information content (AvgIpc) is 2.93. The van der Waals surface area contributed by atoms with Crippen molar-refractivity contribution < 1.29 is 34.1 Å². The number of thiazole rings is 1. The Hall–Kier alpha value is -3.27. The minimum atomic E-state index is -1.34. The van der Waals surface area contributed by atoms with Crippen LogP contribution in [0.25, 0.3) is 0 Å². The van der Waals surface area contributed by atoms with Gasteiger partial charge in [0.2, 0.25) is 11.8 Å². The van der Waals surface area contributed by atoms with Gasteiger partial charge in [0, 0.05) is 13.8 Å². The normalized spacial score (nSPS) is 10.2. The van der Waals surface area contributed by atoms with Crippen molar-refractivity contribution in [3.05, 3.63) is 34.7 Å². The summed E-state index contributed by atoms with van der Waals surface area (Å²) < 4.78 is 4.82. The number of esters is 1. The lowest BCUT2D eigenvalue weighted by atomic mass is 10.1. The Bertz CT molecular complexity index is 842. The summed E-state index contributed by atoms with van der Waals surface area (Å²) in [4.78, 5) is 50.4. The molecule has 0 atom stereocenters. The molecule has 2 rings (SSSR count). The molecule has 1 heterocycles. The molecule has 0 fully saturated rings. The maximum atomic E-state index is 12.0. The van der Waals surface area contributed by atoms with Gasteiger partial charge < -0.3 is 14.9 Å². The summed E-state index contributed by atoms with van der Waals surface area (Å²) in [6.07, 6.45) is 0. The smallest absolute Gasteiger partial charge is 0.335 e. The topological polar surface area (TPSA) is 134 Å². The number of hydrogen-bond donors (Lipinski definition) is 2. The van der Waals surface area contributed by atoms with Crippen molar-refractivity contribution >= 4 is 46.0 Å². The summed E-state index contributed by atoms with van der Waals surface area (Å²) >= 11 is 0.973. The highest BCUT2D eigenvalue weighted by Crippen LogP contribution is 2.32. The van der Waals surface area contributed by atoms with Crippen molar-refractivity contribution in [1.29, 1.82) is 0 Å². The van der Waals surface area contributed by atoms with Gasteiger partial charge in [-0.05, 0) is 18.2 Å². The Morgan fingerprint density at radius 3 is 2.04 bits per heavy atom. The Balaban J connectivity index is 2.55. The number of nitrogens with zero attached hydrogens (tertiary/aromatic N) is 2. The van der Waals surface area contributed by atoms with Crippen LogP contribution in [0, 0.1) is 0 Å². The van der Waals surface area contributed by atoms with Crippen molar-refractivity contribution in [3.8, 4) is 5.88 Å². The van der Waals surface area contributed by atoms with Crippen LogP contribution in [0.3, 0.4) is 0 Å². The van der Waals surface area contributed by atoms with Gasteiger partial charge in [-0.1, -0.05) is 0 Å². The zero-order valence-electron chi connectivity index (χ0n) is 13.0. The first-order chi connectivity index (χ1) is 11.7. The molecule has 0 saturated carbocycles. The minimum Gasteiger partial charge on any atom is -0.478 e. The van der Waals surface area contributed by atoms with E-state index in [-0.39, 0.29) is 27.8 Å². The minimum absolute atomic E-state index is 0.0217. The molecule has 10 heteroatoms. The van der Waals surface area contributed by atoms with E-state index in [4.69, 9.17) is 14.9 Å². The van der Waals surface area contributed by atoms with E-state index in [0.29, 0.717) is 0 Å². The molecule has 2 N–H and O–H groups in total. The highest BCUT2D eigenvalue weighted by atomic mass is 32.1. The molecular weight excluding hydrogens is 352 g/mol. The second-order valence-corrected chi connectivity index (χ2v) is 5.63. The van der Waals surface area contributed by atoms with Gasteiger partial charge in [-0.15, -0.1) is 11.3 Å². The van der Waals surface area contributed by atoms with Crippen molar-refractivity contribution in [2.45, 2.75) is 13.8 Å². The lowest BCUT2D eigenvalue weighted by Gasteiger charge is -2.19. The first-order valence-electron chi connectivity index (χ1n) is 6.75. The van der Waals surface area contributed by atoms with Gasteiger partial charge in [0.15, 0.2) is 5.13 Å². The first kappa shape index (κ1) is 18.1. The largest absolute Gasteiger partial charge is 0.478 e. The third kappa shape index (κ3) is 4.18. The molecule has 0 bridgehead atoms. The highest BCUT2D eigenvalue weighted by Gasteiger charge is 2.22. The van der Waals surface area contributed by atoms with Gasteiger partial charge in [-0.2, -0.15) is 4.98 Å². The van der Waals surface area contributed by atoms with E-state index in [1.165, 1.54) is 19.2 Å². The number of ether oxygens (including phenoxy) is 1. The summed E-state index contributed by atoms with van der Waals surface area (Å²) in [5.41, 5.74) is -0.565. The summed E-state index contributed by atoms with van der Waals surface area (Å²) in [6, 6.07) is 3.30. The molecule has 0 aliphatic heterocycles. The van der Waals surface area contributed by atoms with Crippen LogP contribution in [0.4, 0.5) is 10.8 Å². The Morgan fingerprint density at radius 1 is 1.04 bits per heavy atom. The maximum Gasteiger partial charge on any atom is 0.335 e. The molecule has 0 unspecified atom stereocenters. The first-order valence-corrected chi connectivity index (χ1v) is 7.63. The lowest BCUT2D eigenvalue weighted by molar-refractivity contribution is -0.132. The fourth-order valence-electron chi connectivity index (χ4n) is 1.96. The highest BCUT2D eigenvalue weighted by molar-refractivity contribution is 7.14. The van der Waals surface area contributed by atoms with E-state index < -0.39 is 23.8 Å². The number of carbonyl (C=O) groups is 4. The monoisotopic (exact) mass is 364 g/mol. The SMILES string of the molecule is CC(=O)Oc1csc(N(C(C)=O)c2cc(C(=O)O)cc(C(=O)O)c2)n1. The molecule has 9 nitrogen and oxygen atoms in total. The molecule has 1 aromatic carbocycles. The van der Waals surface area contributed by atoms with Gasteiger partial charge in [-0.3, -0.25) is 14.5 Å². The molecule has 1 amide bonds. The molecule has 2 aromatic rings. The molecule has 0 aliphatic carbocycles. The van der Waals surface area contributed by atoms with E-state index in [9.17, 15) is 19.2 Å². The standard InChI is InChI=1S/C15H12N2O7S/c1-7(18)17(15-16-12(6-25-15)24-8(2)19)11-4-9(13(20)21)3-10(5-11)14(22)23/h3-6H,1-2H3,(H,20,21)(H,22,23). The van der Waals surface area contributed by atoms with Crippen LogP contribution < -0.4 is 9.64 Å². The second-order valence-electron chi connectivity index (χ2n) is 4.80. The van der Waals surface area contributed by atoms with Crippen molar-refractivity contribution in [2.75, 3.05) is 4.90 Å². The number of benzene rings is 1. The number of aromatic carboxylic acids is 2. The molecule has 0 saturated heterocycles. The van der Waals surface area contributed by atoms with Gasteiger partial charge >= 0.3 is 17.9 Å². The number of carbonyl (C=O) groups excluding carboxylic acids is 2. The van der Waals surface area contributed by atoms with Crippen molar-refractivity contribution in [3.63, 3.8) is 0 Å². The van der Waals surface area contributed by atoms with Crippen LogP contribution in [0.1, 0.15) is 34.6 Å². The fraction of sp³-hybridized carbons (Fsp3) is 0.133. The van der Waals surface area contributed by atoms with Gasteiger partial charge in [0.05, 0.1) is 22.2 Å². The summed E-state index contributed by atoms with van der Waals surface area (Å²) in [6.45, 7) is 2.40. The van der Waals surface area contributed by atoms with E-state index >= 15 is 0 Å². The Morgan fingerprint density at radius 2 is 1.60 bits per heavy atom. The second kappa shape index (κ2) is 7.09. The molecule has 0 radical (unpaired) electrons. The molecule has 130 valence electrons. The number of rotatable bonds is 5. The Kier molecular flexibility index (Phi) is 5.13. The zero-order chi connectivity index (χ0) is 18.7. The van der Waals surface area contributed by atoms with Gasteiger partial charge in [0.25, 0.3) is 0 Å². The van der Waals surface area contributed by atoms with E-state index in [2.05, 4.69) is 4.98 Å². The predicted octanol–water partition coefficient (Wildman–Crippen LogP) is 2.15. The van der Waals surface area contributed by atoms with E-state index in [1.807, 2.05) is 0 Å². The average molecular weight is 364 g/mol. The van der Waals surface area contributed by atoms with Crippen LogP contribution in [0.2, 0.25) is 0 Å². The number of carboxylic acids is 2. The zero-order valence-corrected chi connectivity index (χ0v) is 13.9. The lowest BCUT2D eigenvalue weighted by Crippen LogP contribution is -2.23. The third-order valence-electron chi connectivity index (χ3n) is 2.90. The van der Waals surface area contributed by atoms with Crippen molar-refractivity contribution in [2.24, 2.45) is 0 Å². The molecule has 0 spiro atoms. The quantitative estimate of drug-likeness (QED) is 0.771. The van der Waals surface area contributed by atoms with Crippen LogP contribution >= 0.6 is 11.3 Å². The summed E-state index contributed by atoms with van der Waals surface area (Å²) in [5, 5.41) is 19.8. The van der Waals surface area contributed by atoms with Crippen molar-refractivity contribution in [1.82, 2.24) is 4.98 Å². The summed E-state index contributed by atoms with van der Waals surface area (Å²) in [7, 11) is 0. The third-order valence-corrected chi connectivity index (χ3v) is 3.70. The number of anilines is 2. The molecular formula is C15H12N2O7S. The number of amides is 1. The molecule has 1 aromatic heterocycles. The number of hydrogen-bond acceptors (Lipinski definition) is 7. The summed E-state index contributed by atoms with van der Waals surface area (Å²) in [5.74, 6) is -3.82. The predicted molar refractivity (Wildman–Crippen MR) is 86.6 cm³/mol. The van der Waals surface area contributed by atoms with Crippen LogP contribution in [0.5, 0.6) is 5.88 Å². The fourth-order valence-corrected chi connectivity index (χ4v) is 2.75. The maximum absolute atomic E-state index is 12.0. The van der Waals surface area contributed by atoms with Crippen LogP contribution in [-0.4, -0.2) is 39.0 Å². The van der Waals surface area contributed by atoms with Crippen LogP contribution in [-0.2, 0) is 9.59 Å². The van der Waals surface area contributed by atoms with Gasteiger partial charge in [0.1, 0.15) is 0 Å². The number of aromatic nitrogens is 1. The molecule has 25 heavy (non-hydrogen) atoms. The van der Waals surface area contributed by atoms with E-state index in [0.717, 1.165) is 34.4 Å². The van der Waals surface area contributed by atoms with Crippen LogP contribution in [0.15, 0.2) is 23.6 Å². The van der Waals surface area contributed by atoms with Gasteiger partial charge in [-0.25, -0.2) is 9.59 Å². The van der Waals surface area contributed by atoms with E-state index in [1.54, 1.807) is 0 Å². The molecule has 0 aliphatic rings. The number of carboxylic acid groups (broad SMARTS) is 2. The Labute approximate surface area is 145 Å².